The smallest absolute Gasteiger partial charge is 0.261 e. The highest BCUT2D eigenvalue weighted by Crippen LogP contribution is 2.22. The monoisotopic (exact) mass is 287 g/mol. The van der Waals surface area contributed by atoms with Gasteiger partial charge in [0.15, 0.2) is 0 Å². The fourth-order valence-electron chi connectivity index (χ4n) is 2.14. The molecule has 0 fully saturated rings. The van der Waals surface area contributed by atoms with Gasteiger partial charge in [0.05, 0.1) is 11.8 Å². The standard InChI is InChI=1S/C16H18FN3O/c1-4-18-15-13(9-12(17)10-19-15)16(21)20(3)14-8-6-5-7-11(14)2/h5-10H,4H2,1-3H3,(H,18,19). The van der Waals surface area contributed by atoms with Gasteiger partial charge in [-0.1, -0.05) is 18.2 Å². The summed E-state index contributed by atoms with van der Waals surface area (Å²) in [6, 6.07) is 8.76. The molecule has 0 saturated heterocycles. The second kappa shape index (κ2) is 6.35. The minimum atomic E-state index is -0.529. The first-order chi connectivity index (χ1) is 10.0. The third-order valence-electron chi connectivity index (χ3n) is 3.21. The summed E-state index contributed by atoms with van der Waals surface area (Å²) in [6.07, 6.45) is 1.10. The van der Waals surface area contributed by atoms with Crippen molar-refractivity contribution in [2.75, 3.05) is 23.8 Å². The van der Waals surface area contributed by atoms with Crippen LogP contribution in [0.4, 0.5) is 15.9 Å². The molecule has 2 rings (SSSR count). The molecule has 0 atom stereocenters. The van der Waals surface area contributed by atoms with E-state index in [-0.39, 0.29) is 11.5 Å². The van der Waals surface area contributed by atoms with Crippen molar-refractivity contribution in [2.45, 2.75) is 13.8 Å². The lowest BCUT2D eigenvalue weighted by atomic mass is 10.1. The summed E-state index contributed by atoms with van der Waals surface area (Å²) in [4.78, 5) is 18.1. The molecule has 0 aliphatic heterocycles. The maximum atomic E-state index is 13.4. The van der Waals surface area contributed by atoms with Gasteiger partial charge >= 0.3 is 0 Å². The molecule has 21 heavy (non-hydrogen) atoms. The van der Waals surface area contributed by atoms with Crippen LogP contribution in [0.2, 0.25) is 0 Å². The molecule has 0 aliphatic rings. The maximum Gasteiger partial charge on any atom is 0.261 e. The molecule has 4 nitrogen and oxygen atoms in total. The topological polar surface area (TPSA) is 45.2 Å². The van der Waals surface area contributed by atoms with Crippen LogP contribution in [0, 0.1) is 12.7 Å². The number of nitrogens with zero attached hydrogens (tertiary/aromatic N) is 2. The zero-order valence-corrected chi connectivity index (χ0v) is 12.4. The van der Waals surface area contributed by atoms with Crippen LogP contribution in [0.1, 0.15) is 22.8 Å². The number of anilines is 2. The minimum Gasteiger partial charge on any atom is -0.370 e. The summed E-state index contributed by atoms with van der Waals surface area (Å²) in [7, 11) is 1.67. The molecule has 2 aromatic rings. The summed E-state index contributed by atoms with van der Waals surface area (Å²) < 4.78 is 13.4. The number of benzene rings is 1. The lowest BCUT2D eigenvalue weighted by molar-refractivity contribution is 0.0993. The quantitative estimate of drug-likeness (QED) is 0.939. The number of para-hydroxylation sites is 1. The van der Waals surface area contributed by atoms with Crippen LogP contribution in [0.5, 0.6) is 0 Å². The predicted octanol–water partition coefficient (Wildman–Crippen LogP) is 3.24. The number of hydrogen-bond acceptors (Lipinski definition) is 3. The number of halogens is 1. The number of hydrogen-bond donors (Lipinski definition) is 1. The van der Waals surface area contributed by atoms with Gasteiger partial charge in [0.25, 0.3) is 5.91 Å². The molecule has 5 heteroatoms. The van der Waals surface area contributed by atoms with E-state index in [0.29, 0.717) is 12.4 Å². The van der Waals surface area contributed by atoms with Gasteiger partial charge in [-0.2, -0.15) is 0 Å². The van der Waals surface area contributed by atoms with Gasteiger partial charge in [0.1, 0.15) is 11.6 Å². The first-order valence-corrected chi connectivity index (χ1v) is 6.77. The lowest BCUT2D eigenvalue weighted by Crippen LogP contribution is -2.28. The van der Waals surface area contributed by atoms with Gasteiger partial charge in [-0.3, -0.25) is 4.79 Å². The average Bonchev–Trinajstić information content (AvgIpc) is 2.48. The van der Waals surface area contributed by atoms with E-state index in [2.05, 4.69) is 10.3 Å². The molecule has 1 N–H and O–H groups in total. The van der Waals surface area contributed by atoms with Crippen LogP contribution in [0.25, 0.3) is 0 Å². The number of carbonyl (C=O) groups excluding carboxylic acids is 1. The van der Waals surface area contributed by atoms with Crippen molar-refractivity contribution in [3.63, 3.8) is 0 Å². The number of pyridine rings is 1. The van der Waals surface area contributed by atoms with Gasteiger partial charge in [0, 0.05) is 19.3 Å². The Morgan fingerprint density at radius 2 is 2.10 bits per heavy atom. The van der Waals surface area contributed by atoms with Crippen molar-refractivity contribution in [3.05, 3.63) is 53.5 Å². The van der Waals surface area contributed by atoms with Crippen LogP contribution in [0.3, 0.4) is 0 Å². The van der Waals surface area contributed by atoms with E-state index in [1.165, 1.54) is 11.0 Å². The van der Waals surface area contributed by atoms with E-state index in [4.69, 9.17) is 0 Å². The summed E-state index contributed by atoms with van der Waals surface area (Å²) in [5, 5.41) is 2.98. The summed E-state index contributed by atoms with van der Waals surface area (Å²) in [5.74, 6) is -0.435. The van der Waals surface area contributed by atoms with E-state index in [0.717, 1.165) is 17.4 Å². The molecule has 110 valence electrons. The predicted molar refractivity (Wildman–Crippen MR) is 82.3 cm³/mol. The van der Waals surface area contributed by atoms with Crippen molar-refractivity contribution in [1.82, 2.24) is 4.98 Å². The maximum absolute atomic E-state index is 13.4. The molecule has 1 heterocycles. The van der Waals surface area contributed by atoms with Crippen LogP contribution < -0.4 is 10.2 Å². The van der Waals surface area contributed by atoms with E-state index in [1.807, 2.05) is 38.1 Å². The number of nitrogens with one attached hydrogen (secondary N) is 1. The van der Waals surface area contributed by atoms with Crippen molar-refractivity contribution in [2.24, 2.45) is 0 Å². The van der Waals surface area contributed by atoms with Gasteiger partial charge < -0.3 is 10.2 Å². The SMILES string of the molecule is CCNc1ncc(F)cc1C(=O)N(C)c1ccccc1C. The molecule has 0 saturated carbocycles. The Kier molecular flexibility index (Phi) is 4.52. The van der Waals surface area contributed by atoms with Crippen molar-refractivity contribution >= 4 is 17.4 Å². The number of aryl methyl sites for hydroxylation is 1. The number of aromatic nitrogens is 1. The minimum absolute atomic E-state index is 0.225. The summed E-state index contributed by atoms with van der Waals surface area (Å²) in [5.41, 5.74) is 1.99. The Morgan fingerprint density at radius 3 is 2.76 bits per heavy atom. The van der Waals surface area contributed by atoms with E-state index in [9.17, 15) is 9.18 Å². The Balaban J connectivity index is 2.40. The average molecular weight is 287 g/mol. The molecule has 0 aliphatic carbocycles. The Bertz CT molecular complexity index is 658. The van der Waals surface area contributed by atoms with Crippen molar-refractivity contribution in [1.29, 1.82) is 0 Å². The molecular weight excluding hydrogens is 269 g/mol. The van der Waals surface area contributed by atoms with Crippen molar-refractivity contribution in [3.8, 4) is 0 Å². The van der Waals surface area contributed by atoms with Crippen LogP contribution in [-0.4, -0.2) is 24.5 Å². The molecule has 0 bridgehead atoms. The highest BCUT2D eigenvalue weighted by molar-refractivity contribution is 6.09. The third kappa shape index (κ3) is 3.18. The second-order valence-corrected chi connectivity index (χ2v) is 4.73. The lowest BCUT2D eigenvalue weighted by Gasteiger charge is -2.20. The Morgan fingerprint density at radius 1 is 1.38 bits per heavy atom. The van der Waals surface area contributed by atoms with Gasteiger partial charge in [-0.25, -0.2) is 9.37 Å². The molecule has 0 unspecified atom stereocenters. The second-order valence-electron chi connectivity index (χ2n) is 4.73. The zero-order chi connectivity index (χ0) is 15.4. The van der Waals surface area contributed by atoms with Crippen LogP contribution in [0.15, 0.2) is 36.5 Å². The zero-order valence-electron chi connectivity index (χ0n) is 12.4. The van der Waals surface area contributed by atoms with Gasteiger partial charge in [-0.05, 0) is 31.5 Å². The Labute approximate surface area is 123 Å². The highest BCUT2D eigenvalue weighted by Gasteiger charge is 2.19. The molecule has 0 spiro atoms. The number of amides is 1. The van der Waals surface area contributed by atoms with Crippen LogP contribution >= 0.6 is 0 Å². The van der Waals surface area contributed by atoms with Crippen molar-refractivity contribution < 1.29 is 9.18 Å². The normalized spacial score (nSPS) is 10.3. The van der Waals surface area contributed by atoms with E-state index < -0.39 is 5.82 Å². The molecule has 0 radical (unpaired) electrons. The van der Waals surface area contributed by atoms with Gasteiger partial charge in [-0.15, -0.1) is 0 Å². The summed E-state index contributed by atoms with van der Waals surface area (Å²) in [6.45, 7) is 4.42. The highest BCUT2D eigenvalue weighted by atomic mass is 19.1. The molecule has 1 aromatic carbocycles. The molecular formula is C16H18FN3O. The number of carbonyl (C=O) groups is 1. The molecule has 1 amide bonds. The molecule has 1 aromatic heterocycles. The summed E-state index contributed by atoms with van der Waals surface area (Å²) >= 11 is 0. The van der Waals surface area contributed by atoms with E-state index in [1.54, 1.807) is 7.05 Å². The first kappa shape index (κ1) is 15.0. The third-order valence-corrected chi connectivity index (χ3v) is 3.21. The fourth-order valence-corrected chi connectivity index (χ4v) is 2.14. The largest absolute Gasteiger partial charge is 0.370 e. The number of rotatable bonds is 4. The first-order valence-electron chi connectivity index (χ1n) is 6.77. The fraction of sp³-hybridized carbons (Fsp3) is 0.250. The Hall–Kier alpha value is -2.43. The van der Waals surface area contributed by atoms with E-state index >= 15 is 0 Å². The van der Waals surface area contributed by atoms with Crippen LogP contribution in [-0.2, 0) is 0 Å². The van der Waals surface area contributed by atoms with Gasteiger partial charge in [0.2, 0.25) is 0 Å².